The molecule has 0 saturated heterocycles. The number of nitrogens with zero attached hydrogens (tertiary/aromatic N) is 1. The molecule has 1 heterocycles. The van der Waals surface area contributed by atoms with E-state index in [1.54, 1.807) is 0 Å². The molecular weight excluding hydrogens is 328 g/mol. The number of hydrogen-bond acceptors (Lipinski definition) is 3. The lowest BCUT2D eigenvalue weighted by Gasteiger charge is -2.23. The summed E-state index contributed by atoms with van der Waals surface area (Å²) in [7, 11) is 0. The summed E-state index contributed by atoms with van der Waals surface area (Å²) in [6.45, 7) is 7.02. The van der Waals surface area contributed by atoms with Crippen molar-refractivity contribution in [1.29, 1.82) is 0 Å². The maximum atomic E-state index is 5.95. The van der Waals surface area contributed by atoms with Gasteiger partial charge in [0.05, 0.1) is 17.8 Å². The van der Waals surface area contributed by atoms with E-state index < -0.39 is 0 Å². The van der Waals surface area contributed by atoms with Crippen LogP contribution in [0.3, 0.4) is 0 Å². The number of halogens is 1. The molecule has 4 heteroatoms. The maximum absolute atomic E-state index is 5.95. The third-order valence-corrected chi connectivity index (χ3v) is 3.73. The fraction of sp³-hybridized carbons (Fsp3) is 0.353. The van der Waals surface area contributed by atoms with Gasteiger partial charge in [0.15, 0.2) is 0 Å². The summed E-state index contributed by atoms with van der Waals surface area (Å²) in [5.74, 6) is 0.899. The Hall–Kier alpha value is -1.39. The van der Waals surface area contributed by atoms with E-state index in [0.717, 1.165) is 28.0 Å². The molecule has 0 aliphatic rings. The Bertz CT molecular complexity index is 587. The summed E-state index contributed by atoms with van der Waals surface area (Å²) in [5, 5.41) is 3.50. The molecule has 2 aromatic rings. The van der Waals surface area contributed by atoms with E-state index in [4.69, 9.17) is 4.74 Å². The van der Waals surface area contributed by atoms with Crippen LogP contribution in [-0.4, -0.2) is 17.6 Å². The van der Waals surface area contributed by atoms with Crippen molar-refractivity contribution in [2.24, 2.45) is 0 Å². The molecule has 1 aromatic carbocycles. The van der Waals surface area contributed by atoms with Gasteiger partial charge in [-0.05, 0) is 54.5 Å². The van der Waals surface area contributed by atoms with Crippen molar-refractivity contribution in [3.05, 3.63) is 58.3 Å². The van der Waals surface area contributed by atoms with Crippen molar-refractivity contribution in [3.8, 4) is 5.75 Å². The van der Waals surface area contributed by atoms with Crippen molar-refractivity contribution in [1.82, 2.24) is 10.3 Å². The van der Waals surface area contributed by atoms with E-state index in [0.29, 0.717) is 0 Å². The third-order valence-electron chi connectivity index (χ3n) is 3.06. The van der Waals surface area contributed by atoms with E-state index in [1.165, 1.54) is 0 Å². The van der Waals surface area contributed by atoms with Crippen LogP contribution in [0, 0.1) is 0 Å². The largest absolute Gasteiger partial charge is 0.491 e. The molecule has 0 aliphatic heterocycles. The summed E-state index contributed by atoms with van der Waals surface area (Å²) in [6, 6.07) is 12.1. The number of nitrogens with one attached hydrogen (secondary N) is 1. The van der Waals surface area contributed by atoms with Crippen molar-refractivity contribution in [2.45, 2.75) is 32.9 Å². The van der Waals surface area contributed by atoms with Crippen LogP contribution < -0.4 is 10.1 Å². The molecule has 0 aliphatic carbocycles. The first kappa shape index (κ1) is 16.0. The Balaban J connectivity index is 2.46. The summed E-state index contributed by atoms with van der Waals surface area (Å²) in [4.78, 5) is 4.53. The molecule has 3 nitrogen and oxygen atoms in total. The minimum absolute atomic E-state index is 0.000486. The molecule has 1 unspecified atom stereocenters. The lowest BCUT2D eigenvalue weighted by molar-refractivity contribution is 0.238. The van der Waals surface area contributed by atoms with Crippen LogP contribution in [-0.2, 0) is 0 Å². The fourth-order valence-electron chi connectivity index (χ4n) is 2.25. The quantitative estimate of drug-likeness (QED) is 0.843. The van der Waals surface area contributed by atoms with Gasteiger partial charge in [-0.15, -0.1) is 0 Å². The predicted molar refractivity (Wildman–Crippen MR) is 89.7 cm³/mol. The van der Waals surface area contributed by atoms with Gasteiger partial charge in [-0.25, -0.2) is 0 Å². The van der Waals surface area contributed by atoms with Crippen LogP contribution in [0.1, 0.15) is 38.1 Å². The summed E-state index contributed by atoms with van der Waals surface area (Å²) in [5.41, 5.74) is 2.08. The average Bonchev–Trinajstić information content (AvgIpc) is 2.46. The topological polar surface area (TPSA) is 34.1 Å². The zero-order valence-corrected chi connectivity index (χ0v) is 14.2. The molecule has 1 aromatic heterocycles. The zero-order chi connectivity index (χ0) is 15.2. The standard InChI is InChI=1S/C17H21BrN2O/c1-4-19-16(17-14(18)9-7-11-20-17)13-8-5-6-10-15(13)21-12(2)3/h5-12,16,19H,4H2,1-3H3. The summed E-state index contributed by atoms with van der Waals surface area (Å²) < 4.78 is 6.95. The number of para-hydroxylation sites is 1. The van der Waals surface area contributed by atoms with Gasteiger partial charge < -0.3 is 10.1 Å². The molecule has 0 saturated carbocycles. The van der Waals surface area contributed by atoms with Crippen molar-refractivity contribution >= 4 is 15.9 Å². The molecule has 2 rings (SSSR count). The molecule has 0 spiro atoms. The number of benzene rings is 1. The zero-order valence-electron chi connectivity index (χ0n) is 12.6. The molecule has 1 N–H and O–H groups in total. The second kappa shape index (κ2) is 7.57. The highest BCUT2D eigenvalue weighted by Gasteiger charge is 2.21. The normalized spacial score (nSPS) is 12.4. The van der Waals surface area contributed by atoms with Crippen LogP contribution in [0.2, 0.25) is 0 Å². The molecule has 1 atom stereocenters. The molecule has 0 fully saturated rings. The Morgan fingerprint density at radius 2 is 1.95 bits per heavy atom. The number of aromatic nitrogens is 1. The second-order valence-electron chi connectivity index (χ2n) is 5.07. The van der Waals surface area contributed by atoms with E-state index >= 15 is 0 Å². The number of hydrogen-bond donors (Lipinski definition) is 1. The minimum atomic E-state index is 0.000486. The van der Waals surface area contributed by atoms with Crippen LogP contribution in [0.4, 0.5) is 0 Å². The smallest absolute Gasteiger partial charge is 0.124 e. The molecule has 112 valence electrons. The minimum Gasteiger partial charge on any atom is -0.491 e. The lowest BCUT2D eigenvalue weighted by Crippen LogP contribution is -2.24. The van der Waals surface area contributed by atoms with Gasteiger partial charge in [-0.3, -0.25) is 4.98 Å². The van der Waals surface area contributed by atoms with Crippen LogP contribution in [0.5, 0.6) is 5.75 Å². The highest BCUT2D eigenvalue weighted by atomic mass is 79.9. The van der Waals surface area contributed by atoms with Crippen LogP contribution in [0.15, 0.2) is 47.1 Å². The highest BCUT2D eigenvalue weighted by Crippen LogP contribution is 2.32. The molecule has 0 amide bonds. The van der Waals surface area contributed by atoms with Gasteiger partial charge in [-0.1, -0.05) is 25.1 Å². The van der Waals surface area contributed by atoms with E-state index in [-0.39, 0.29) is 12.1 Å². The van der Waals surface area contributed by atoms with Gasteiger partial charge in [0.2, 0.25) is 0 Å². The van der Waals surface area contributed by atoms with Gasteiger partial charge in [0, 0.05) is 16.2 Å². The van der Waals surface area contributed by atoms with Crippen LogP contribution >= 0.6 is 15.9 Å². The molecular formula is C17H21BrN2O. The Labute approximate surface area is 134 Å². The van der Waals surface area contributed by atoms with Gasteiger partial charge in [-0.2, -0.15) is 0 Å². The predicted octanol–water partition coefficient (Wildman–Crippen LogP) is 4.33. The van der Waals surface area contributed by atoms with Crippen molar-refractivity contribution in [2.75, 3.05) is 6.54 Å². The van der Waals surface area contributed by atoms with Gasteiger partial charge in [0.1, 0.15) is 5.75 Å². The Morgan fingerprint density at radius 1 is 1.19 bits per heavy atom. The first-order chi connectivity index (χ1) is 10.1. The number of pyridine rings is 1. The fourth-order valence-corrected chi connectivity index (χ4v) is 2.73. The highest BCUT2D eigenvalue weighted by molar-refractivity contribution is 9.10. The maximum Gasteiger partial charge on any atom is 0.124 e. The van der Waals surface area contributed by atoms with Crippen LogP contribution in [0.25, 0.3) is 0 Å². The average molecular weight is 349 g/mol. The first-order valence-corrected chi connectivity index (χ1v) is 8.02. The Kier molecular flexibility index (Phi) is 5.76. The number of rotatable bonds is 6. The second-order valence-corrected chi connectivity index (χ2v) is 5.92. The van der Waals surface area contributed by atoms with E-state index in [1.807, 2.05) is 50.4 Å². The van der Waals surface area contributed by atoms with E-state index in [9.17, 15) is 0 Å². The van der Waals surface area contributed by atoms with Crippen molar-refractivity contribution in [3.63, 3.8) is 0 Å². The molecule has 0 radical (unpaired) electrons. The molecule has 0 bridgehead atoms. The SMILES string of the molecule is CCNC(c1ccccc1OC(C)C)c1ncccc1Br. The lowest BCUT2D eigenvalue weighted by atomic mass is 10.0. The molecule has 21 heavy (non-hydrogen) atoms. The van der Waals surface area contributed by atoms with Crippen molar-refractivity contribution < 1.29 is 4.74 Å². The first-order valence-electron chi connectivity index (χ1n) is 7.22. The Morgan fingerprint density at radius 3 is 2.62 bits per heavy atom. The van der Waals surface area contributed by atoms with Gasteiger partial charge in [0.25, 0.3) is 0 Å². The monoisotopic (exact) mass is 348 g/mol. The summed E-state index contributed by atoms with van der Waals surface area (Å²) >= 11 is 3.60. The summed E-state index contributed by atoms with van der Waals surface area (Å²) in [6.07, 6.45) is 1.96. The van der Waals surface area contributed by atoms with E-state index in [2.05, 4.69) is 39.2 Å². The van der Waals surface area contributed by atoms with Gasteiger partial charge >= 0.3 is 0 Å². The third kappa shape index (κ3) is 4.05. The number of ether oxygens (including phenoxy) is 1.